The zero-order chi connectivity index (χ0) is 13.1. The Balaban J connectivity index is 2.18. The Morgan fingerprint density at radius 1 is 1.50 bits per heavy atom. The van der Waals surface area contributed by atoms with Crippen molar-refractivity contribution in [1.29, 1.82) is 0 Å². The highest BCUT2D eigenvalue weighted by Crippen LogP contribution is 2.27. The van der Waals surface area contributed by atoms with Gasteiger partial charge in [0.25, 0.3) is 11.8 Å². The summed E-state index contributed by atoms with van der Waals surface area (Å²) in [5.74, 6) is -0.510. The normalized spacial score (nSPS) is 10.1. The third-order valence-corrected chi connectivity index (χ3v) is 2.36. The van der Waals surface area contributed by atoms with Crippen molar-refractivity contribution >= 4 is 23.2 Å². The first-order chi connectivity index (χ1) is 8.60. The van der Waals surface area contributed by atoms with Gasteiger partial charge in [0.05, 0.1) is 18.9 Å². The van der Waals surface area contributed by atoms with E-state index >= 15 is 0 Å². The number of phenolic OH excluding ortho intramolecular Hbond substituents is 1. The minimum Gasteiger partial charge on any atom is -0.506 e. The molecule has 7 heteroatoms. The summed E-state index contributed by atoms with van der Waals surface area (Å²) >= 11 is 5.75. The summed E-state index contributed by atoms with van der Waals surface area (Å²) in [4.78, 5) is 11.8. The number of carbonyl (C=O) groups excluding carboxylic acids is 1. The zero-order valence-corrected chi connectivity index (χ0v) is 10.1. The number of methoxy groups -OCH3 is 1. The molecule has 0 saturated carbocycles. The highest BCUT2D eigenvalue weighted by molar-refractivity contribution is 6.31. The molecule has 1 aromatic heterocycles. The van der Waals surface area contributed by atoms with Crippen LogP contribution in [0, 0.1) is 0 Å². The van der Waals surface area contributed by atoms with Gasteiger partial charge in [-0.1, -0.05) is 11.6 Å². The number of carbonyl (C=O) groups is 1. The van der Waals surface area contributed by atoms with Gasteiger partial charge in [-0.2, -0.15) is 0 Å². The van der Waals surface area contributed by atoms with Crippen LogP contribution in [0.15, 0.2) is 28.8 Å². The minimum absolute atomic E-state index is 0.0359. The Hall–Kier alpha value is -2.21. The summed E-state index contributed by atoms with van der Waals surface area (Å²) in [7, 11) is 1.41. The van der Waals surface area contributed by atoms with Crippen molar-refractivity contribution in [3.05, 3.63) is 35.0 Å². The third kappa shape index (κ3) is 2.54. The van der Waals surface area contributed by atoms with Crippen molar-refractivity contribution in [2.45, 2.75) is 0 Å². The summed E-state index contributed by atoms with van der Waals surface area (Å²) in [6.45, 7) is 0. The van der Waals surface area contributed by atoms with Crippen LogP contribution in [0.4, 0.5) is 5.69 Å². The number of halogens is 1. The van der Waals surface area contributed by atoms with Gasteiger partial charge in [-0.25, -0.2) is 0 Å². The quantitative estimate of drug-likeness (QED) is 0.835. The van der Waals surface area contributed by atoms with Gasteiger partial charge in [0.2, 0.25) is 5.76 Å². The van der Waals surface area contributed by atoms with Crippen LogP contribution < -0.4 is 10.1 Å². The lowest BCUT2D eigenvalue weighted by molar-refractivity contribution is 0.0987. The predicted octanol–water partition coefficient (Wildman–Crippen LogP) is 2.29. The molecule has 2 aromatic rings. The van der Waals surface area contributed by atoms with E-state index in [0.29, 0.717) is 5.02 Å². The van der Waals surface area contributed by atoms with E-state index in [0.717, 1.165) is 0 Å². The van der Waals surface area contributed by atoms with E-state index in [1.165, 1.54) is 31.4 Å². The maximum atomic E-state index is 11.8. The lowest BCUT2D eigenvalue weighted by Crippen LogP contribution is -2.10. The maximum Gasteiger partial charge on any atom is 0.294 e. The number of anilines is 1. The molecule has 0 spiro atoms. The maximum absolute atomic E-state index is 11.8. The van der Waals surface area contributed by atoms with Crippen molar-refractivity contribution in [3.8, 4) is 11.6 Å². The minimum atomic E-state index is -0.566. The summed E-state index contributed by atoms with van der Waals surface area (Å²) in [5, 5.41) is 15.9. The van der Waals surface area contributed by atoms with E-state index in [2.05, 4.69) is 10.5 Å². The van der Waals surface area contributed by atoms with Crippen molar-refractivity contribution < 1.29 is 19.2 Å². The first kappa shape index (κ1) is 12.3. The Bertz CT molecular complexity index is 582. The molecule has 1 heterocycles. The van der Waals surface area contributed by atoms with Gasteiger partial charge >= 0.3 is 0 Å². The standard InChI is InChI=1S/C11H9ClN2O4/c1-17-10-5-9(18-14-10)11(16)13-7-4-6(12)2-3-8(7)15/h2-5,15H,1H3,(H,13,16). The number of benzene rings is 1. The number of aromatic nitrogens is 1. The van der Waals surface area contributed by atoms with Gasteiger partial charge in [0.15, 0.2) is 0 Å². The molecule has 18 heavy (non-hydrogen) atoms. The van der Waals surface area contributed by atoms with E-state index in [4.69, 9.17) is 20.9 Å². The zero-order valence-electron chi connectivity index (χ0n) is 9.31. The second kappa shape index (κ2) is 4.97. The molecule has 1 aromatic carbocycles. The number of hydrogen-bond donors (Lipinski definition) is 2. The number of nitrogens with zero attached hydrogens (tertiary/aromatic N) is 1. The SMILES string of the molecule is COc1cc(C(=O)Nc2cc(Cl)ccc2O)on1. The van der Waals surface area contributed by atoms with Crippen LogP contribution >= 0.6 is 11.6 Å². The van der Waals surface area contributed by atoms with E-state index < -0.39 is 5.91 Å². The summed E-state index contributed by atoms with van der Waals surface area (Å²) in [5.41, 5.74) is 0.183. The molecular formula is C11H9ClN2O4. The van der Waals surface area contributed by atoms with E-state index in [1.807, 2.05) is 0 Å². The molecule has 6 nitrogen and oxygen atoms in total. The average molecular weight is 269 g/mol. The van der Waals surface area contributed by atoms with Crippen molar-refractivity contribution in [1.82, 2.24) is 5.16 Å². The smallest absolute Gasteiger partial charge is 0.294 e. The summed E-state index contributed by atoms with van der Waals surface area (Å²) in [6, 6.07) is 5.63. The molecule has 0 aliphatic carbocycles. The second-order valence-corrected chi connectivity index (χ2v) is 3.79. The molecule has 0 aliphatic heterocycles. The molecule has 2 rings (SSSR count). The topological polar surface area (TPSA) is 84.6 Å². The molecule has 0 aliphatic rings. The Morgan fingerprint density at radius 3 is 2.94 bits per heavy atom. The molecule has 0 bridgehead atoms. The largest absolute Gasteiger partial charge is 0.506 e. The Kier molecular flexibility index (Phi) is 3.38. The highest BCUT2D eigenvalue weighted by atomic mass is 35.5. The van der Waals surface area contributed by atoms with Gasteiger partial charge in [0, 0.05) is 5.02 Å². The number of ether oxygens (including phenoxy) is 1. The first-order valence-electron chi connectivity index (χ1n) is 4.90. The predicted molar refractivity (Wildman–Crippen MR) is 64.1 cm³/mol. The van der Waals surface area contributed by atoms with Crippen LogP contribution in [0.5, 0.6) is 11.6 Å². The fraction of sp³-hybridized carbons (Fsp3) is 0.0909. The van der Waals surface area contributed by atoms with Crippen LogP contribution in [0.3, 0.4) is 0 Å². The fourth-order valence-electron chi connectivity index (χ4n) is 1.25. The van der Waals surface area contributed by atoms with E-state index in [1.54, 1.807) is 0 Å². The van der Waals surface area contributed by atoms with Gasteiger partial charge in [-0.15, -0.1) is 0 Å². The van der Waals surface area contributed by atoms with E-state index in [-0.39, 0.29) is 23.1 Å². The molecule has 1 amide bonds. The van der Waals surface area contributed by atoms with Gasteiger partial charge in [-0.05, 0) is 23.4 Å². The molecular weight excluding hydrogens is 260 g/mol. The average Bonchev–Trinajstić information content (AvgIpc) is 2.82. The van der Waals surface area contributed by atoms with Crippen LogP contribution in [-0.2, 0) is 0 Å². The number of rotatable bonds is 3. The van der Waals surface area contributed by atoms with E-state index in [9.17, 15) is 9.90 Å². The van der Waals surface area contributed by atoms with Crippen molar-refractivity contribution in [3.63, 3.8) is 0 Å². The van der Waals surface area contributed by atoms with Gasteiger partial charge < -0.3 is 19.7 Å². The molecule has 94 valence electrons. The lowest BCUT2D eigenvalue weighted by Gasteiger charge is -2.05. The molecule has 0 fully saturated rings. The lowest BCUT2D eigenvalue weighted by atomic mass is 10.3. The van der Waals surface area contributed by atoms with Crippen LogP contribution in [0.1, 0.15) is 10.6 Å². The number of amides is 1. The van der Waals surface area contributed by atoms with Crippen LogP contribution in [0.2, 0.25) is 5.02 Å². The third-order valence-electron chi connectivity index (χ3n) is 2.13. The number of nitrogens with one attached hydrogen (secondary N) is 1. The molecule has 0 radical (unpaired) electrons. The molecule has 2 N–H and O–H groups in total. The second-order valence-electron chi connectivity index (χ2n) is 3.35. The Morgan fingerprint density at radius 2 is 2.28 bits per heavy atom. The first-order valence-corrected chi connectivity index (χ1v) is 5.28. The molecule has 0 atom stereocenters. The summed E-state index contributed by atoms with van der Waals surface area (Å²) < 4.78 is 9.54. The van der Waals surface area contributed by atoms with Crippen LogP contribution in [-0.4, -0.2) is 23.3 Å². The summed E-state index contributed by atoms with van der Waals surface area (Å²) in [6.07, 6.45) is 0. The number of hydrogen-bond acceptors (Lipinski definition) is 5. The van der Waals surface area contributed by atoms with Crippen LogP contribution in [0.25, 0.3) is 0 Å². The van der Waals surface area contributed by atoms with Crippen molar-refractivity contribution in [2.75, 3.05) is 12.4 Å². The highest BCUT2D eigenvalue weighted by Gasteiger charge is 2.15. The fourth-order valence-corrected chi connectivity index (χ4v) is 1.43. The number of phenols is 1. The molecule has 0 saturated heterocycles. The molecule has 0 unspecified atom stereocenters. The Labute approximate surface area is 107 Å². The number of aromatic hydroxyl groups is 1. The van der Waals surface area contributed by atoms with Gasteiger partial charge in [0.1, 0.15) is 5.75 Å². The van der Waals surface area contributed by atoms with Gasteiger partial charge in [-0.3, -0.25) is 4.79 Å². The van der Waals surface area contributed by atoms with Crippen molar-refractivity contribution in [2.24, 2.45) is 0 Å². The monoisotopic (exact) mass is 268 g/mol.